The second-order valence-corrected chi connectivity index (χ2v) is 10.7. The minimum atomic E-state index is -0.841. The summed E-state index contributed by atoms with van der Waals surface area (Å²) in [5, 5.41) is 0. The van der Waals surface area contributed by atoms with Crippen LogP contribution in [0.3, 0.4) is 0 Å². The molecule has 1 aromatic rings. The Morgan fingerprint density at radius 2 is 1.53 bits per heavy atom. The minimum absolute atomic E-state index is 0.0155. The zero-order valence-corrected chi connectivity index (χ0v) is 21.5. The lowest BCUT2D eigenvalue weighted by atomic mass is 9.78. The average molecular weight is 449 g/mol. The van der Waals surface area contributed by atoms with Crippen molar-refractivity contribution in [2.75, 3.05) is 21.3 Å². The molecule has 1 aromatic carbocycles. The third-order valence-electron chi connectivity index (χ3n) is 5.68. The van der Waals surface area contributed by atoms with Gasteiger partial charge in [-0.1, -0.05) is 34.6 Å². The summed E-state index contributed by atoms with van der Waals surface area (Å²) < 4.78 is 22.7. The van der Waals surface area contributed by atoms with Gasteiger partial charge in [-0.25, -0.2) is 9.79 Å². The Kier molecular flexibility index (Phi) is 7.42. The molecular formula is C25H40N2O5. The number of rotatable bonds is 5. The van der Waals surface area contributed by atoms with Gasteiger partial charge in [0.25, 0.3) is 0 Å². The van der Waals surface area contributed by atoms with Crippen LogP contribution in [-0.2, 0) is 15.9 Å². The van der Waals surface area contributed by atoms with Gasteiger partial charge in [0.15, 0.2) is 0 Å². The Labute approximate surface area is 193 Å². The zero-order valence-electron chi connectivity index (χ0n) is 21.5. The number of hydrogen-bond donors (Lipinski definition) is 0. The van der Waals surface area contributed by atoms with Gasteiger partial charge in [0.05, 0.1) is 21.3 Å². The van der Waals surface area contributed by atoms with Crippen molar-refractivity contribution in [3.8, 4) is 11.5 Å². The highest BCUT2D eigenvalue weighted by Gasteiger charge is 2.59. The van der Waals surface area contributed by atoms with Crippen molar-refractivity contribution in [3.63, 3.8) is 0 Å². The molecule has 2 rings (SSSR count). The SMILES string of the molecule is COC1=N[C@H](C(C)(C)C)N(C(=O)OC(C)(C)C)[C@@]1(Cc1cc(OC)cc(OC)c1)C(C)C. The smallest absolute Gasteiger partial charge is 0.412 e. The van der Waals surface area contributed by atoms with E-state index in [0.29, 0.717) is 23.8 Å². The maximum atomic E-state index is 13.7. The highest BCUT2D eigenvalue weighted by molar-refractivity contribution is 5.93. The van der Waals surface area contributed by atoms with Crippen LogP contribution in [0.25, 0.3) is 0 Å². The van der Waals surface area contributed by atoms with Crippen molar-refractivity contribution < 1.29 is 23.7 Å². The fourth-order valence-corrected chi connectivity index (χ4v) is 4.16. The normalized spacial score (nSPS) is 21.4. The van der Waals surface area contributed by atoms with E-state index in [0.717, 1.165) is 5.56 Å². The first kappa shape index (κ1) is 25.8. The quantitative estimate of drug-likeness (QED) is 0.611. The summed E-state index contributed by atoms with van der Waals surface area (Å²) in [5.74, 6) is 1.88. The molecule has 0 bridgehead atoms. The lowest BCUT2D eigenvalue weighted by Crippen LogP contribution is -2.62. The molecule has 32 heavy (non-hydrogen) atoms. The van der Waals surface area contributed by atoms with E-state index in [1.807, 2.05) is 39.0 Å². The summed E-state index contributed by atoms with van der Waals surface area (Å²) in [7, 11) is 4.86. The molecule has 7 nitrogen and oxygen atoms in total. The number of methoxy groups -OCH3 is 3. The molecule has 0 saturated heterocycles. The summed E-state index contributed by atoms with van der Waals surface area (Å²) in [6, 6.07) is 5.74. The van der Waals surface area contributed by atoms with Gasteiger partial charge in [0.1, 0.15) is 28.8 Å². The van der Waals surface area contributed by atoms with Crippen molar-refractivity contribution in [1.82, 2.24) is 4.90 Å². The largest absolute Gasteiger partial charge is 0.497 e. The number of benzene rings is 1. The van der Waals surface area contributed by atoms with Crippen LogP contribution in [0.1, 0.15) is 61.0 Å². The van der Waals surface area contributed by atoms with Gasteiger partial charge < -0.3 is 18.9 Å². The van der Waals surface area contributed by atoms with Gasteiger partial charge in [-0.05, 0) is 44.4 Å². The molecule has 0 aliphatic carbocycles. The summed E-state index contributed by atoms with van der Waals surface area (Å²) >= 11 is 0. The van der Waals surface area contributed by atoms with Gasteiger partial charge in [0, 0.05) is 17.9 Å². The molecule has 0 spiro atoms. The molecule has 1 aliphatic rings. The van der Waals surface area contributed by atoms with Gasteiger partial charge in [-0.15, -0.1) is 0 Å². The Balaban J connectivity index is 2.71. The number of nitrogens with zero attached hydrogens (tertiary/aromatic N) is 2. The van der Waals surface area contributed by atoms with Gasteiger partial charge in [0.2, 0.25) is 5.90 Å². The van der Waals surface area contributed by atoms with Crippen LogP contribution in [0.15, 0.2) is 23.2 Å². The Bertz CT molecular complexity index is 829. The molecule has 0 unspecified atom stereocenters. The van der Waals surface area contributed by atoms with E-state index in [2.05, 4.69) is 34.6 Å². The van der Waals surface area contributed by atoms with Crippen LogP contribution in [0, 0.1) is 11.3 Å². The van der Waals surface area contributed by atoms with E-state index in [1.165, 1.54) is 0 Å². The predicted octanol–water partition coefficient (Wildman–Crippen LogP) is 5.31. The maximum Gasteiger partial charge on any atom is 0.412 e. The van der Waals surface area contributed by atoms with Crippen LogP contribution >= 0.6 is 0 Å². The predicted molar refractivity (Wildman–Crippen MR) is 127 cm³/mol. The number of carbonyl (C=O) groups excluding carboxylic acids is 1. The third kappa shape index (κ3) is 5.13. The second-order valence-electron chi connectivity index (χ2n) is 10.7. The number of hydrogen-bond acceptors (Lipinski definition) is 6. The number of ether oxygens (including phenoxy) is 4. The molecular weight excluding hydrogens is 408 g/mol. The molecule has 1 heterocycles. The van der Waals surface area contributed by atoms with Gasteiger partial charge in [-0.2, -0.15) is 0 Å². The Morgan fingerprint density at radius 1 is 1.00 bits per heavy atom. The molecule has 1 amide bonds. The van der Waals surface area contributed by atoms with E-state index >= 15 is 0 Å². The summed E-state index contributed by atoms with van der Waals surface area (Å²) in [4.78, 5) is 20.4. The molecule has 0 saturated carbocycles. The Hall–Kier alpha value is -2.44. The lowest BCUT2D eigenvalue weighted by molar-refractivity contribution is -0.0245. The third-order valence-corrected chi connectivity index (χ3v) is 5.68. The fourth-order valence-electron chi connectivity index (χ4n) is 4.16. The molecule has 2 atom stereocenters. The summed E-state index contributed by atoms with van der Waals surface area (Å²) in [6.07, 6.45) is -0.379. The fraction of sp³-hybridized carbons (Fsp3) is 0.680. The average Bonchev–Trinajstić information content (AvgIpc) is 3.02. The minimum Gasteiger partial charge on any atom is -0.497 e. The Morgan fingerprint density at radius 3 is 1.91 bits per heavy atom. The van der Waals surface area contributed by atoms with Crippen LogP contribution in [0.2, 0.25) is 0 Å². The molecule has 7 heteroatoms. The van der Waals surface area contributed by atoms with E-state index in [4.69, 9.17) is 23.9 Å². The summed E-state index contributed by atoms with van der Waals surface area (Å²) in [6.45, 7) is 16.0. The van der Waals surface area contributed by atoms with E-state index in [-0.39, 0.29) is 11.3 Å². The number of carbonyl (C=O) groups is 1. The standard InChI is InChI=1S/C25H40N2O5/c1-16(2)25(15-17-12-18(29-9)14-19(13-17)30-10)21(31-11)26-20(23(3,4)5)27(25)22(28)32-24(6,7)8/h12-14,16,20H,15H2,1-11H3/t20-,25-/m0/s1. The lowest BCUT2D eigenvalue weighted by Gasteiger charge is -2.46. The number of amides is 1. The van der Waals surface area contributed by atoms with E-state index in [1.54, 1.807) is 26.2 Å². The first-order valence-electron chi connectivity index (χ1n) is 11.1. The van der Waals surface area contributed by atoms with Crippen molar-refractivity contribution >= 4 is 12.0 Å². The van der Waals surface area contributed by atoms with Crippen molar-refractivity contribution in [2.24, 2.45) is 16.3 Å². The highest BCUT2D eigenvalue weighted by atomic mass is 16.6. The van der Waals surface area contributed by atoms with E-state index in [9.17, 15) is 4.79 Å². The van der Waals surface area contributed by atoms with Crippen LogP contribution < -0.4 is 9.47 Å². The van der Waals surface area contributed by atoms with Gasteiger partial charge >= 0.3 is 6.09 Å². The molecule has 0 N–H and O–H groups in total. The van der Waals surface area contributed by atoms with Crippen molar-refractivity contribution in [2.45, 2.75) is 79.1 Å². The zero-order chi connectivity index (χ0) is 24.5. The van der Waals surface area contributed by atoms with Crippen LogP contribution in [0.5, 0.6) is 11.5 Å². The first-order chi connectivity index (χ1) is 14.7. The first-order valence-corrected chi connectivity index (χ1v) is 11.1. The molecule has 0 aromatic heterocycles. The van der Waals surface area contributed by atoms with Gasteiger partial charge in [-0.3, -0.25) is 4.90 Å². The molecule has 1 aliphatic heterocycles. The molecule has 180 valence electrons. The van der Waals surface area contributed by atoms with Crippen LogP contribution in [0.4, 0.5) is 4.79 Å². The van der Waals surface area contributed by atoms with E-state index < -0.39 is 23.4 Å². The highest BCUT2D eigenvalue weighted by Crippen LogP contribution is 2.44. The van der Waals surface area contributed by atoms with Crippen LogP contribution in [-0.4, -0.2) is 55.5 Å². The van der Waals surface area contributed by atoms with Crippen molar-refractivity contribution in [1.29, 1.82) is 0 Å². The topological polar surface area (TPSA) is 69.6 Å². The molecule has 0 fully saturated rings. The second kappa shape index (κ2) is 9.20. The maximum absolute atomic E-state index is 13.7. The monoisotopic (exact) mass is 448 g/mol. The summed E-state index contributed by atoms with van der Waals surface area (Å²) in [5.41, 5.74) is -0.865. The number of aliphatic imine (C=N–C) groups is 1. The molecule has 0 radical (unpaired) electrons. The van der Waals surface area contributed by atoms with Crippen molar-refractivity contribution in [3.05, 3.63) is 23.8 Å².